The Labute approximate surface area is 161 Å². The van der Waals surface area contributed by atoms with E-state index in [0.29, 0.717) is 6.04 Å². The predicted octanol–water partition coefficient (Wildman–Crippen LogP) is 4.12. The van der Waals surface area contributed by atoms with Crippen LogP contribution < -0.4 is 4.90 Å². The van der Waals surface area contributed by atoms with Crippen LogP contribution in [0.15, 0.2) is 48.5 Å². The second-order valence-electron chi connectivity index (χ2n) is 7.16. The third-order valence-electron chi connectivity index (χ3n) is 5.08. The first-order valence-electron chi connectivity index (χ1n) is 9.19. The Morgan fingerprint density at radius 2 is 1.77 bits per heavy atom. The van der Waals surface area contributed by atoms with Crippen LogP contribution in [-0.2, 0) is 6.54 Å². The van der Waals surface area contributed by atoms with Crippen molar-refractivity contribution in [2.24, 2.45) is 0 Å². The molecule has 26 heavy (non-hydrogen) atoms. The van der Waals surface area contributed by atoms with Crippen LogP contribution in [0, 0.1) is 5.82 Å². The first-order chi connectivity index (χ1) is 12.5. The van der Waals surface area contributed by atoms with Crippen LogP contribution in [0.4, 0.5) is 10.1 Å². The van der Waals surface area contributed by atoms with Crippen LogP contribution in [0.5, 0.6) is 0 Å². The largest absolute Gasteiger partial charge is 0.363 e. The average molecular weight is 376 g/mol. The molecule has 1 saturated heterocycles. The fourth-order valence-corrected chi connectivity index (χ4v) is 3.62. The molecule has 0 spiro atoms. The summed E-state index contributed by atoms with van der Waals surface area (Å²) in [4.78, 5) is 7.19. The van der Waals surface area contributed by atoms with Crippen molar-refractivity contribution in [3.63, 3.8) is 0 Å². The zero-order valence-corrected chi connectivity index (χ0v) is 16.3. The maximum absolute atomic E-state index is 13.6. The van der Waals surface area contributed by atoms with Crippen LogP contribution in [-0.4, -0.2) is 55.6 Å². The van der Waals surface area contributed by atoms with Gasteiger partial charge in [0.2, 0.25) is 0 Å². The molecule has 1 aliphatic rings. The molecule has 2 aromatic carbocycles. The highest BCUT2D eigenvalue weighted by Crippen LogP contribution is 2.26. The van der Waals surface area contributed by atoms with Gasteiger partial charge in [0, 0.05) is 51.0 Å². The van der Waals surface area contributed by atoms with E-state index in [4.69, 9.17) is 11.6 Å². The lowest BCUT2D eigenvalue weighted by atomic mass is 10.1. The van der Waals surface area contributed by atoms with E-state index in [9.17, 15) is 4.39 Å². The smallest absolute Gasteiger partial charge is 0.141 e. The average Bonchev–Trinajstić information content (AvgIpc) is 2.65. The van der Waals surface area contributed by atoms with Crippen LogP contribution >= 0.6 is 11.6 Å². The standard InChI is InChI=1S/C21H27ClFN3/c1-17(15-25-12-10-24(2)11-13-25)26(16-18-6-4-3-5-7-18)19-8-9-21(23)20(22)14-19/h3-9,14,17H,10-13,15-16H2,1-2H3. The molecule has 0 bridgehead atoms. The van der Waals surface area contributed by atoms with Crippen LogP contribution in [0.25, 0.3) is 0 Å². The highest BCUT2D eigenvalue weighted by Gasteiger charge is 2.21. The van der Waals surface area contributed by atoms with Gasteiger partial charge in [-0.25, -0.2) is 4.39 Å². The lowest BCUT2D eigenvalue weighted by Crippen LogP contribution is -2.49. The van der Waals surface area contributed by atoms with Crippen LogP contribution in [0.1, 0.15) is 12.5 Å². The molecule has 1 aliphatic heterocycles. The topological polar surface area (TPSA) is 9.72 Å². The minimum Gasteiger partial charge on any atom is -0.363 e. The summed E-state index contributed by atoms with van der Waals surface area (Å²) in [5.41, 5.74) is 2.19. The monoisotopic (exact) mass is 375 g/mol. The second-order valence-corrected chi connectivity index (χ2v) is 7.57. The van der Waals surface area contributed by atoms with E-state index >= 15 is 0 Å². The van der Waals surface area contributed by atoms with Crippen molar-refractivity contribution in [2.75, 3.05) is 44.7 Å². The second kappa shape index (κ2) is 8.85. The molecule has 0 aliphatic carbocycles. The maximum Gasteiger partial charge on any atom is 0.141 e. The maximum atomic E-state index is 13.6. The summed E-state index contributed by atoms with van der Waals surface area (Å²) in [6, 6.07) is 15.7. The number of anilines is 1. The van der Waals surface area contributed by atoms with Crippen molar-refractivity contribution in [3.8, 4) is 0 Å². The number of hydrogen-bond acceptors (Lipinski definition) is 3. The Hall–Kier alpha value is -1.62. The summed E-state index contributed by atoms with van der Waals surface area (Å²) in [5.74, 6) is -0.373. The Morgan fingerprint density at radius 1 is 1.08 bits per heavy atom. The molecule has 0 radical (unpaired) electrons. The van der Waals surface area contributed by atoms with Gasteiger partial charge in [-0.05, 0) is 37.7 Å². The van der Waals surface area contributed by atoms with Gasteiger partial charge >= 0.3 is 0 Å². The zero-order valence-electron chi connectivity index (χ0n) is 15.5. The predicted molar refractivity (Wildman–Crippen MR) is 107 cm³/mol. The summed E-state index contributed by atoms with van der Waals surface area (Å²) in [6.07, 6.45) is 0. The normalized spacial score (nSPS) is 17.2. The third kappa shape index (κ3) is 4.97. The van der Waals surface area contributed by atoms with Crippen LogP contribution in [0.2, 0.25) is 5.02 Å². The van der Waals surface area contributed by atoms with Gasteiger partial charge in [-0.15, -0.1) is 0 Å². The van der Waals surface area contributed by atoms with E-state index in [2.05, 4.69) is 52.9 Å². The van der Waals surface area contributed by atoms with Gasteiger partial charge < -0.3 is 9.80 Å². The number of halogens is 2. The van der Waals surface area contributed by atoms with Crippen LogP contribution in [0.3, 0.4) is 0 Å². The summed E-state index contributed by atoms with van der Waals surface area (Å²) in [5, 5.41) is 0.173. The highest BCUT2D eigenvalue weighted by atomic mass is 35.5. The summed E-state index contributed by atoms with van der Waals surface area (Å²) in [6.45, 7) is 8.38. The molecule has 0 aromatic heterocycles. The van der Waals surface area contributed by atoms with E-state index in [1.165, 1.54) is 11.6 Å². The molecular formula is C21H27ClFN3. The summed E-state index contributed by atoms with van der Waals surface area (Å²) < 4.78 is 13.6. The van der Waals surface area contributed by atoms with Gasteiger partial charge in [-0.3, -0.25) is 4.90 Å². The molecule has 0 amide bonds. The lowest BCUT2D eigenvalue weighted by Gasteiger charge is -2.38. The molecule has 3 rings (SSSR count). The molecular weight excluding hydrogens is 349 g/mol. The minimum atomic E-state index is -0.373. The van der Waals surface area contributed by atoms with Crippen molar-refractivity contribution in [2.45, 2.75) is 19.5 Å². The van der Waals surface area contributed by atoms with Gasteiger partial charge in [-0.2, -0.15) is 0 Å². The van der Waals surface area contributed by atoms with E-state index < -0.39 is 0 Å². The fourth-order valence-electron chi connectivity index (χ4n) is 3.45. The number of nitrogens with zero attached hydrogens (tertiary/aromatic N) is 3. The molecule has 5 heteroatoms. The Bertz CT molecular complexity index is 702. The molecule has 1 heterocycles. The van der Waals surface area contributed by atoms with Crippen molar-refractivity contribution in [1.29, 1.82) is 0 Å². The number of benzene rings is 2. The SMILES string of the molecule is CC(CN1CCN(C)CC1)N(Cc1ccccc1)c1ccc(F)c(Cl)c1. The van der Waals surface area contributed by atoms with E-state index in [-0.39, 0.29) is 10.8 Å². The Morgan fingerprint density at radius 3 is 2.42 bits per heavy atom. The molecule has 1 fully saturated rings. The molecule has 140 valence electrons. The van der Waals surface area contributed by atoms with Gasteiger partial charge in [-0.1, -0.05) is 41.9 Å². The first kappa shape index (κ1) is 19.2. The van der Waals surface area contributed by atoms with Gasteiger partial charge in [0.1, 0.15) is 5.82 Å². The third-order valence-corrected chi connectivity index (χ3v) is 5.37. The van der Waals surface area contributed by atoms with Crippen molar-refractivity contribution in [3.05, 3.63) is 64.9 Å². The first-order valence-corrected chi connectivity index (χ1v) is 9.57. The van der Waals surface area contributed by atoms with E-state index in [1.807, 2.05) is 12.1 Å². The van der Waals surface area contributed by atoms with E-state index in [1.54, 1.807) is 6.07 Å². The van der Waals surface area contributed by atoms with E-state index in [0.717, 1.165) is 45.0 Å². The molecule has 0 N–H and O–H groups in total. The van der Waals surface area contributed by atoms with Gasteiger partial charge in [0.05, 0.1) is 5.02 Å². The van der Waals surface area contributed by atoms with Crippen molar-refractivity contribution >= 4 is 17.3 Å². The van der Waals surface area contributed by atoms with Crippen molar-refractivity contribution in [1.82, 2.24) is 9.80 Å². The Kier molecular flexibility index (Phi) is 6.52. The Balaban J connectivity index is 1.78. The van der Waals surface area contributed by atoms with Gasteiger partial charge in [0.25, 0.3) is 0 Å². The molecule has 1 atom stereocenters. The fraction of sp³-hybridized carbons (Fsp3) is 0.429. The highest BCUT2D eigenvalue weighted by molar-refractivity contribution is 6.31. The quantitative estimate of drug-likeness (QED) is 0.751. The summed E-state index contributed by atoms with van der Waals surface area (Å²) >= 11 is 6.06. The molecule has 3 nitrogen and oxygen atoms in total. The lowest BCUT2D eigenvalue weighted by molar-refractivity contribution is 0.148. The minimum absolute atomic E-state index is 0.173. The van der Waals surface area contributed by atoms with Crippen molar-refractivity contribution < 1.29 is 4.39 Å². The van der Waals surface area contributed by atoms with Gasteiger partial charge in [0.15, 0.2) is 0 Å². The number of likely N-dealkylation sites (N-methyl/N-ethyl adjacent to an activating group) is 1. The summed E-state index contributed by atoms with van der Waals surface area (Å²) in [7, 11) is 2.17. The molecule has 0 saturated carbocycles. The number of piperazine rings is 1. The number of hydrogen-bond donors (Lipinski definition) is 0. The zero-order chi connectivity index (χ0) is 18.5. The molecule has 2 aromatic rings. The molecule has 1 unspecified atom stereocenters. The number of rotatable bonds is 6.